The van der Waals surface area contributed by atoms with Crippen LogP contribution in [0.1, 0.15) is 18.1 Å². The molecule has 1 aliphatic heterocycles. The second-order valence-corrected chi connectivity index (χ2v) is 5.48. The fourth-order valence-electron chi connectivity index (χ4n) is 2.40. The third kappa shape index (κ3) is 3.29. The van der Waals surface area contributed by atoms with Gasteiger partial charge in [-0.3, -0.25) is 0 Å². The van der Waals surface area contributed by atoms with Crippen molar-refractivity contribution < 1.29 is 14.2 Å². The average Bonchev–Trinajstić information content (AvgIpc) is 3.02. The maximum absolute atomic E-state index is 6.20. The van der Waals surface area contributed by atoms with E-state index in [1.807, 2.05) is 49.5 Å². The van der Waals surface area contributed by atoms with E-state index >= 15 is 0 Å². The van der Waals surface area contributed by atoms with Crippen molar-refractivity contribution in [3.8, 4) is 17.2 Å². The minimum absolute atomic E-state index is 0.0829. The number of ether oxygens (including phenoxy) is 3. The smallest absolute Gasteiger partial charge is 0.231 e. The molecule has 1 aliphatic rings. The van der Waals surface area contributed by atoms with Crippen LogP contribution < -0.4 is 19.5 Å². The van der Waals surface area contributed by atoms with Crippen molar-refractivity contribution in [3.63, 3.8) is 0 Å². The van der Waals surface area contributed by atoms with Crippen LogP contribution in [0.2, 0.25) is 5.02 Å². The van der Waals surface area contributed by atoms with Gasteiger partial charge in [-0.15, -0.1) is 0 Å². The molecule has 1 unspecified atom stereocenters. The summed E-state index contributed by atoms with van der Waals surface area (Å²) in [5, 5.41) is 3.87. The summed E-state index contributed by atoms with van der Waals surface area (Å²) in [5.41, 5.74) is 1.08. The predicted molar refractivity (Wildman–Crippen MR) is 85.9 cm³/mol. The molecule has 3 rings (SSSR count). The molecule has 0 spiro atoms. The molecule has 0 bridgehead atoms. The van der Waals surface area contributed by atoms with E-state index in [4.69, 9.17) is 25.8 Å². The molecule has 0 amide bonds. The molecular formula is C17H18ClNO3. The first-order valence-corrected chi connectivity index (χ1v) is 7.61. The molecule has 2 aromatic rings. The van der Waals surface area contributed by atoms with Gasteiger partial charge in [0.25, 0.3) is 0 Å². The Morgan fingerprint density at radius 3 is 2.77 bits per heavy atom. The average molecular weight is 320 g/mol. The molecule has 1 heterocycles. The molecule has 0 aliphatic carbocycles. The van der Waals surface area contributed by atoms with Gasteiger partial charge in [-0.25, -0.2) is 0 Å². The van der Waals surface area contributed by atoms with Crippen LogP contribution in [-0.2, 0) is 0 Å². The van der Waals surface area contributed by atoms with Gasteiger partial charge in [0.2, 0.25) is 12.5 Å². The van der Waals surface area contributed by atoms with Crippen LogP contribution in [0.5, 0.6) is 17.2 Å². The van der Waals surface area contributed by atoms with Gasteiger partial charge in [0.1, 0.15) is 6.10 Å². The molecule has 2 aromatic carbocycles. The fraction of sp³-hybridized carbons (Fsp3) is 0.294. The minimum atomic E-state index is -0.0829. The van der Waals surface area contributed by atoms with Crippen molar-refractivity contribution in [2.24, 2.45) is 0 Å². The Bertz CT molecular complexity index is 630. The summed E-state index contributed by atoms with van der Waals surface area (Å²) in [4.78, 5) is 0. The van der Waals surface area contributed by atoms with E-state index in [-0.39, 0.29) is 12.9 Å². The molecule has 22 heavy (non-hydrogen) atoms. The summed E-state index contributed by atoms with van der Waals surface area (Å²) in [7, 11) is 1.93. The largest absolute Gasteiger partial charge is 0.482 e. The van der Waals surface area contributed by atoms with Crippen molar-refractivity contribution in [1.82, 2.24) is 5.32 Å². The van der Waals surface area contributed by atoms with E-state index in [1.54, 1.807) is 0 Å². The van der Waals surface area contributed by atoms with Crippen molar-refractivity contribution in [3.05, 3.63) is 53.1 Å². The molecular weight excluding hydrogens is 302 g/mol. The fourth-order valence-corrected chi connectivity index (χ4v) is 2.52. The number of rotatable bonds is 6. The summed E-state index contributed by atoms with van der Waals surface area (Å²) in [6.45, 7) is 1.08. The van der Waals surface area contributed by atoms with E-state index in [9.17, 15) is 0 Å². The van der Waals surface area contributed by atoms with Crippen molar-refractivity contribution in [2.45, 2.75) is 12.5 Å². The summed E-state index contributed by atoms with van der Waals surface area (Å²) >= 11 is 5.97. The second-order valence-electron chi connectivity index (χ2n) is 5.04. The standard InChI is InChI=1S/C17H18ClNO3/c1-19-10-9-14(12-5-7-13(18)8-6-12)22-16-4-2-3-15-17(16)21-11-20-15/h2-8,14,19H,9-11H2,1H3. The van der Waals surface area contributed by atoms with Gasteiger partial charge in [0.05, 0.1) is 0 Å². The highest BCUT2D eigenvalue weighted by Gasteiger charge is 2.21. The van der Waals surface area contributed by atoms with Gasteiger partial charge >= 0.3 is 0 Å². The molecule has 116 valence electrons. The highest BCUT2D eigenvalue weighted by molar-refractivity contribution is 6.30. The zero-order valence-electron chi connectivity index (χ0n) is 12.3. The lowest BCUT2D eigenvalue weighted by Gasteiger charge is -2.20. The number of para-hydroxylation sites is 1. The zero-order chi connectivity index (χ0) is 15.4. The van der Waals surface area contributed by atoms with Gasteiger partial charge in [-0.2, -0.15) is 0 Å². The first-order valence-electron chi connectivity index (χ1n) is 7.23. The van der Waals surface area contributed by atoms with Crippen molar-refractivity contribution >= 4 is 11.6 Å². The van der Waals surface area contributed by atoms with E-state index in [2.05, 4.69) is 5.32 Å². The molecule has 0 saturated carbocycles. The molecule has 1 N–H and O–H groups in total. The maximum Gasteiger partial charge on any atom is 0.231 e. The molecule has 1 atom stereocenters. The molecule has 0 aromatic heterocycles. The summed E-state index contributed by atoms with van der Waals surface area (Å²) < 4.78 is 17.1. The number of hydrogen-bond acceptors (Lipinski definition) is 4. The number of halogens is 1. The molecule has 4 nitrogen and oxygen atoms in total. The summed E-state index contributed by atoms with van der Waals surface area (Å²) in [5.74, 6) is 2.10. The predicted octanol–water partition coefficient (Wildman–Crippen LogP) is 3.80. The second kappa shape index (κ2) is 6.90. The van der Waals surface area contributed by atoms with E-state index in [0.717, 1.165) is 24.3 Å². The lowest BCUT2D eigenvalue weighted by molar-refractivity contribution is 0.158. The first kappa shape index (κ1) is 15.0. The van der Waals surface area contributed by atoms with E-state index in [0.29, 0.717) is 16.5 Å². The van der Waals surface area contributed by atoms with Crippen LogP contribution >= 0.6 is 11.6 Å². The van der Waals surface area contributed by atoms with Gasteiger partial charge in [-0.05, 0) is 43.4 Å². The minimum Gasteiger partial charge on any atom is -0.482 e. The lowest BCUT2D eigenvalue weighted by Crippen LogP contribution is -2.16. The van der Waals surface area contributed by atoms with E-state index in [1.165, 1.54) is 0 Å². The Labute approximate surface area is 135 Å². The van der Waals surface area contributed by atoms with Gasteiger partial charge in [-0.1, -0.05) is 29.8 Å². The number of hydrogen-bond donors (Lipinski definition) is 1. The first-order chi connectivity index (χ1) is 10.8. The Kier molecular flexibility index (Phi) is 4.71. The summed E-state index contributed by atoms with van der Waals surface area (Å²) in [6.07, 6.45) is 0.753. The third-order valence-corrected chi connectivity index (χ3v) is 3.78. The summed E-state index contributed by atoms with van der Waals surface area (Å²) in [6, 6.07) is 13.4. The molecule has 0 radical (unpaired) electrons. The quantitative estimate of drug-likeness (QED) is 0.879. The molecule has 5 heteroatoms. The SMILES string of the molecule is CNCCC(Oc1cccc2c1OCO2)c1ccc(Cl)cc1. The Balaban J connectivity index is 1.84. The number of nitrogens with one attached hydrogen (secondary N) is 1. The van der Waals surface area contributed by atoms with Crippen LogP contribution in [0.25, 0.3) is 0 Å². The molecule has 0 fully saturated rings. The Morgan fingerprint density at radius 1 is 1.18 bits per heavy atom. The highest BCUT2D eigenvalue weighted by atomic mass is 35.5. The van der Waals surface area contributed by atoms with Crippen molar-refractivity contribution in [2.75, 3.05) is 20.4 Å². The number of benzene rings is 2. The monoisotopic (exact) mass is 319 g/mol. The van der Waals surface area contributed by atoms with Gasteiger partial charge in [0.15, 0.2) is 11.5 Å². The van der Waals surface area contributed by atoms with Crippen LogP contribution in [0.4, 0.5) is 0 Å². The normalized spacial score (nSPS) is 13.9. The maximum atomic E-state index is 6.20. The zero-order valence-corrected chi connectivity index (χ0v) is 13.1. The Hall–Kier alpha value is -1.91. The van der Waals surface area contributed by atoms with Crippen LogP contribution in [0, 0.1) is 0 Å². The van der Waals surface area contributed by atoms with Crippen LogP contribution in [-0.4, -0.2) is 20.4 Å². The van der Waals surface area contributed by atoms with Crippen LogP contribution in [0.15, 0.2) is 42.5 Å². The van der Waals surface area contributed by atoms with Crippen LogP contribution in [0.3, 0.4) is 0 Å². The van der Waals surface area contributed by atoms with Gasteiger partial charge in [0, 0.05) is 11.4 Å². The topological polar surface area (TPSA) is 39.7 Å². The van der Waals surface area contributed by atoms with Gasteiger partial charge < -0.3 is 19.5 Å². The highest BCUT2D eigenvalue weighted by Crippen LogP contribution is 2.42. The third-order valence-electron chi connectivity index (χ3n) is 3.53. The number of fused-ring (bicyclic) bond motifs is 1. The molecule has 0 saturated heterocycles. The lowest BCUT2D eigenvalue weighted by atomic mass is 10.1. The van der Waals surface area contributed by atoms with E-state index < -0.39 is 0 Å². The Morgan fingerprint density at radius 2 is 2.00 bits per heavy atom. The van der Waals surface area contributed by atoms with Crippen molar-refractivity contribution in [1.29, 1.82) is 0 Å².